The van der Waals surface area contributed by atoms with Crippen LogP contribution in [0.4, 0.5) is 10.5 Å². The molecule has 0 radical (unpaired) electrons. The molecule has 1 saturated carbocycles. The lowest BCUT2D eigenvalue weighted by Crippen LogP contribution is -2.31. The fourth-order valence-electron chi connectivity index (χ4n) is 4.00. The van der Waals surface area contributed by atoms with Crippen molar-refractivity contribution in [3.8, 4) is 0 Å². The van der Waals surface area contributed by atoms with Crippen LogP contribution in [0.3, 0.4) is 0 Å². The van der Waals surface area contributed by atoms with E-state index >= 15 is 0 Å². The molecule has 4 heteroatoms. The smallest absolute Gasteiger partial charge is 0.316 e. The topological polar surface area (TPSA) is 67.2 Å². The quantitative estimate of drug-likeness (QED) is 0.674. The van der Waals surface area contributed by atoms with Gasteiger partial charge in [0.15, 0.2) is 0 Å². The first-order valence-corrected chi connectivity index (χ1v) is 9.61. The molecule has 2 atom stereocenters. The number of nitrogens with two attached hydrogens (primary N) is 1. The maximum atomic E-state index is 11.0. The Bertz CT molecular complexity index is 693. The first-order chi connectivity index (χ1) is 12.6. The number of amides is 2. The lowest BCUT2D eigenvalue weighted by molar-refractivity contribution is 0.257. The summed E-state index contributed by atoms with van der Waals surface area (Å²) in [5, 5.41) is 6.48. The van der Waals surface area contributed by atoms with Gasteiger partial charge in [0.05, 0.1) is 0 Å². The summed E-state index contributed by atoms with van der Waals surface area (Å²) >= 11 is 0. The molecule has 2 amide bonds. The number of hydrogen-bond acceptors (Lipinski definition) is 2. The summed E-state index contributed by atoms with van der Waals surface area (Å²) < 4.78 is 0. The van der Waals surface area contributed by atoms with Crippen LogP contribution in [-0.2, 0) is 0 Å². The van der Waals surface area contributed by atoms with E-state index in [0.29, 0.717) is 12.0 Å². The molecule has 26 heavy (non-hydrogen) atoms. The van der Waals surface area contributed by atoms with Crippen LogP contribution in [0.25, 0.3) is 0 Å². The molecule has 1 aliphatic carbocycles. The van der Waals surface area contributed by atoms with Crippen molar-refractivity contribution in [2.45, 2.75) is 51.1 Å². The van der Waals surface area contributed by atoms with Gasteiger partial charge in [-0.15, -0.1) is 0 Å². The highest BCUT2D eigenvalue weighted by Gasteiger charge is 2.26. The molecule has 2 aromatic rings. The van der Waals surface area contributed by atoms with Gasteiger partial charge in [0.25, 0.3) is 0 Å². The van der Waals surface area contributed by atoms with Gasteiger partial charge in [-0.2, -0.15) is 0 Å². The second kappa shape index (κ2) is 8.86. The molecular weight excluding hydrogens is 322 g/mol. The Labute approximate surface area is 156 Å². The van der Waals surface area contributed by atoms with Gasteiger partial charge >= 0.3 is 6.03 Å². The summed E-state index contributed by atoms with van der Waals surface area (Å²) in [7, 11) is 0. The van der Waals surface area contributed by atoms with Gasteiger partial charge in [0.2, 0.25) is 0 Å². The summed E-state index contributed by atoms with van der Waals surface area (Å²) in [6.07, 6.45) is 6.61. The largest absolute Gasteiger partial charge is 0.351 e. The minimum absolute atomic E-state index is 0.227. The molecular formula is C22H29N3O. The number of anilines is 1. The molecule has 0 heterocycles. The SMILES string of the molecule is CC(NC(c1ccccc1)C1CCCCC1)c1ccc(NC(N)=O)cc1. The van der Waals surface area contributed by atoms with Crippen LogP contribution in [0.15, 0.2) is 54.6 Å². The highest BCUT2D eigenvalue weighted by atomic mass is 16.2. The minimum atomic E-state index is -0.537. The van der Waals surface area contributed by atoms with E-state index in [1.54, 1.807) is 0 Å². The van der Waals surface area contributed by atoms with Gasteiger partial charge in [-0.05, 0) is 48.9 Å². The number of nitrogens with one attached hydrogen (secondary N) is 2. The van der Waals surface area contributed by atoms with E-state index in [2.05, 4.69) is 47.9 Å². The normalized spacial score (nSPS) is 17.4. The Morgan fingerprint density at radius 2 is 1.62 bits per heavy atom. The van der Waals surface area contributed by atoms with Crippen molar-refractivity contribution < 1.29 is 4.79 Å². The molecule has 2 unspecified atom stereocenters. The third-order valence-corrected chi connectivity index (χ3v) is 5.39. The van der Waals surface area contributed by atoms with E-state index in [1.807, 2.05) is 24.3 Å². The van der Waals surface area contributed by atoms with Crippen LogP contribution in [0.2, 0.25) is 0 Å². The first kappa shape index (κ1) is 18.5. The van der Waals surface area contributed by atoms with E-state index in [9.17, 15) is 4.79 Å². The lowest BCUT2D eigenvalue weighted by atomic mass is 9.80. The van der Waals surface area contributed by atoms with Crippen molar-refractivity contribution in [1.82, 2.24) is 5.32 Å². The number of benzene rings is 2. The highest BCUT2D eigenvalue weighted by molar-refractivity contribution is 5.87. The number of primary amides is 1. The van der Waals surface area contributed by atoms with Crippen molar-refractivity contribution in [1.29, 1.82) is 0 Å². The Morgan fingerprint density at radius 1 is 0.962 bits per heavy atom. The summed E-state index contributed by atoms with van der Waals surface area (Å²) in [5.74, 6) is 0.685. The van der Waals surface area contributed by atoms with Crippen molar-refractivity contribution in [3.05, 3.63) is 65.7 Å². The molecule has 4 N–H and O–H groups in total. The van der Waals surface area contributed by atoms with Gasteiger partial charge in [-0.1, -0.05) is 61.7 Å². The number of urea groups is 1. The van der Waals surface area contributed by atoms with E-state index in [1.165, 1.54) is 43.2 Å². The van der Waals surface area contributed by atoms with Gasteiger partial charge in [0.1, 0.15) is 0 Å². The average Bonchev–Trinajstić information content (AvgIpc) is 2.67. The molecule has 1 fully saturated rings. The molecule has 138 valence electrons. The number of carbonyl (C=O) groups is 1. The van der Waals surface area contributed by atoms with Crippen molar-refractivity contribution in [2.75, 3.05) is 5.32 Å². The van der Waals surface area contributed by atoms with E-state index < -0.39 is 6.03 Å². The van der Waals surface area contributed by atoms with Crippen LogP contribution in [0.1, 0.15) is 62.2 Å². The third-order valence-electron chi connectivity index (χ3n) is 5.39. The highest BCUT2D eigenvalue weighted by Crippen LogP contribution is 2.36. The maximum absolute atomic E-state index is 11.0. The molecule has 4 nitrogen and oxygen atoms in total. The zero-order valence-electron chi connectivity index (χ0n) is 15.4. The molecule has 3 rings (SSSR count). The van der Waals surface area contributed by atoms with Gasteiger partial charge < -0.3 is 16.4 Å². The minimum Gasteiger partial charge on any atom is -0.351 e. The number of hydrogen-bond donors (Lipinski definition) is 3. The molecule has 0 bridgehead atoms. The van der Waals surface area contributed by atoms with Gasteiger partial charge in [-0.25, -0.2) is 4.79 Å². The molecule has 0 aliphatic heterocycles. The van der Waals surface area contributed by atoms with Crippen LogP contribution in [0, 0.1) is 5.92 Å². The fourth-order valence-corrected chi connectivity index (χ4v) is 4.00. The maximum Gasteiger partial charge on any atom is 0.316 e. The van der Waals surface area contributed by atoms with E-state index in [-0.39, 0.29) is 6.04 Å². The van der Waals surface area contributed by atoms with E-state index in [0.717, 1.165) is 5.69 Å². The van der Waals surface area contributed by atoms with Crippen LogP contribution in [0.5, 0.6) is 0 Å². The lowest BCUT2D eigenvalue weighted by Gasteiger charge is -2.34. The Morgan fingerprint density at radius 3 is 2.23 bits per heavy atom. The van der Waals surface area contributed by atoms with Crippen LogP contribution >= 0.6 is 0 Å². The van der Waals surface area contributed by atoms with Gasteiger partial charge in [-0.3, -0.25) is 0 Å². The van der Waals surface area contributed by atoms with Crippen molar-refractivity contribution >= 4 is 11.7 Å². The molecule has 0 spiro atoms. The number of carbonyl (C=O) groups excluding carboxylic acids is 1. The monoisotopic (exact) mass is 351 g/mol. The van der Waals surface area contributed by atoms with Gasteiger partial charge in [0, 0.05) is 17.8 Å². The Kier molecular flexibility index (Phi) is 6.29. The zero-order chi connectivity index (χ0) is 18.4. The molecule has 0 aromatic heterocycles. The second-order valence-electron chi connectivity index (χ2n) is 7.29. The molecule has 1 aliphatic rings. The Hall–Kier alpha value is -2.33. The first-order valence-electron chi connectivity index (χ1n) is 9.61. The second-order valence-corrected chi connectivity index (χ2v) is 7.29. The van der Waals surface area contributed by atoms with E-state index in [4.69, 9.17) is 5.73 Å². The summed E-state index contributed by atoms with van der Waals surface area (Å²) in [4.78, 5) is 11.0. The Balaban J connectivity index is 1.74. The summed E-state index contributed by atoms with van der Waals surface area (Å²) in [6.45, 7) is 2.20. The zero-order valence-corrected chi connectivity index (χ0v) is 15.4. The van der Waals surface area contributed by atoms with Crippen molar-refractivity contribution in [2.24, 2.45) is 11.7 Å². The third kappa shape index (κ3) is 4.85. The fraction of sp³-hybridized carbons (Fsp3) is 0.409. The predicted octanol–water partition coefficient (Wildman–Crippen LogP) is 5.15. The number of rotatable bonds is 6. The van der Waals surface area contributed by atoms with Crippen molar-refractivity contribution in [3.63, 3.8) is 0 Å². The predicted molar refractivity (Wildman–Crippen MR) is 107 cm³/mol. The summed E-state index contributed by atoms with van der Waals surface area (Å²) in [6, 6.07) is 18.8. The molecule has 2 aromatic carbocycles. The summed E-state index contributed by atoms with van der Waals surface area (Å²) in [5.41, 5.74) is 8.47. The van der Waals surface area contributed by atoms with Crippen LogP contribution in [-0.4, -0.2) is 6.03 Å². The van der Waals surface area contributed by atoms with Crippen LogP contribution < -0.4 is 16.4 Å². The average molecular weight is 351 g/mol. The molecule has 0 saturated heterocycles. The standard InChI is InChI=1S/C22H29N3O/c1-16(17-12-14-20(15-13-17)25-22(23)26)24-21(18-8-4-2-5-9-18)19-10-6-3-7-11-19/h2,4-5,8-9,12-16,19,21,24H,3,6-7,10-11H2,1H3,(H3,23,25,26).